The molecule has 0 unspecified atom stereocenters. The van der Waals surface area contributed by atoms with Crippen LogP contribution in [0.25, 0.3) is 10.2 Å². The van der Waals surface area contributed by atoms with Crippen molar-refractivity contribution < 1.29 is 0 Å². The first kappa shape index (κ1) is 9.16. The van der Waals surface area contributed by atoms with E-state index in [1.807, 2.05) is 0 Å². The third-order valence-electron chi connectivity index (χ3n) is 2.97. The summed E-state index contributed by atoms with van der Waals surface area (Å²) >= 11 is 1.77. The molecule has 3 rings (SSSR count). The highest BCUT2D eigenvalue weighted by atomic mass is 32.1. The smallest absolute Gasteiger partial charge is 0.0907 e. The summed E-state index contributed by atoms with van der Waals surface area (Å²) in [5.74, 6) is 0. The second-order valence-corrected chi connectivity index (χ2v) is 5.42. The SMILES string of the molecule is Cc1nc2ccc(NC3CCC3)cc2s1. The van der Waals surface area contributed by atoms with E-state index in [9.17, 15) is 0 Å². The van der Waals surface area contributed by atoms with Gasteiger partial charge in [0.15, 0.2) is 0 Å². The molecule has 0 spiro atoms. The zero-order valence-electron chi connectivity index (χ0n) is 8.79. The highest BCUT2D eigenvalue weighted by Crippen LogP contribution is 2.28. The number of anilines is 1. The van der Waals surface area contributed by atoms with Crippen LogP contribution in [0.15, 0.2) is 18.2 Å². The Kier molecular flexibility index (Phi) is 2.13. The summed E-state index contributed by atoms with van der Waals surface area (Å²) in [6.07, 6.45) is 4.01. The Morgan fingerprint density at radius 1 is 1.40 bits per heavy atom. The van der Waals surface area contributed by atoms with E-state index in [0.717, 1.165) is 10.5 Å². The highest BCUT2D eigenvalue weighted by molar-refractivity contribution is 7.18. The molecule has 1 aliphatic carbocycles. The van der Waals surface area contributed by atoms with E-state index >= 15 is 0 Å². The first-order valence-corrected chi connectivity index (χ1v) is 6.27. The second kappa shape index (κ2) is 3.49. The lowest BCUT2D eigenvalue weighted by Crippen LogP contribution is -2.26. The lowest BCUT2D eigenvalue weighted by molar-refractivity contribution is 0.445. The van der Waals surface area contributed by atoms with Crippen LogP contribution < -0.4 is 5.32 Å². The summed E-state index contributed by atoms with van der Waals surface area (Å²) < 4.78 is 1.29. The molecule has 1 aromatic heterocycles. The van der Waals surface area contributed by atoms with Gasteiger partial charge in [-0.15, -0.1) is 11.3 Å². The number of benzene rings is 1. The van der Waals surface area contributed by atoms with Gasteiger partial charge in [0.25, 0.3) is 0 Å². The number of rotatable bonds is 2. The third-order valence-corrected chi connectivity index (χ3v) is 3.90. The first-order valence-electron chi connectivity index (χ1n) is 5.45. The summed E-state index contributed by atoms with van der Waals surface area (Å²) in [5, 5.41) is 4.70. The molecule has 1 aromatic carbocycles. The van der Waals surface area contributed by atoms with Crippen molar-refractivity contribution >= 4 is 27.2 Å². The lowest BCUT2D eigenvalue weighted by atomic mass is 9.93. The van der Waals surface area contributed by atoms with Gasteiger partial charge in [-0.1, -0.05) is 0 Å². The average molecular weight is 218 g/mol. The number of nitrogens with zero attached hydrogens (tertiary/aromatic N) is 1. The van der Waals surface area contributed by atoms with Crippen LogP contribution in [-0.2, 0) is 0 Å². The Labute approximate surface area is 93.3 Å². The van der Waals surface area contributed by atoms with Crippen LogP contribution in [0.1, 0.15) is 24.3 Å². The van der Waals surface area contributed by atoms with Crippen LogP contribution in [0, 0.1) is 6.92 Å². The maximum atomic E-state index is 4.46. The molecular weight excluding hydrogens is 204 g/mol. The summed E-state index contributed by atoms with van der Waals surface area (Å²) in [4.78, 5) is 4.46. The molecule has 1 aliphatic rings. The molecule has 0 aliphatic heterocycles. The molecule has 78 valence electrons. The number of thiazole rings is 1. The standard InChI is InChI=1S/C12H14N2S/c1-8-13-11-6-5-10(7-12(11)15-8)14-9-3-2-4-9/h5-7,9,14H,2-4H2,1H3. The summed E-state index contributed by atoms with van der Waals surface area (Å²) in [5.41, 5.74) is 2.37. The van der Waals surface area contributed by atoms with Crippen LogP contribution in [0.5, 0.6) is 0 Å². The van der Waals surface area contributed by atoms with Crippen molar-refractivity contribution in [2.24, 2.45) is 0 Å². The van der Waals surface area contributed by atoms with Crippen molar-refractivity contribution in [2.75, 3.05) is 5.32 Å². The molecule has 2 aromatic rings. The van der Waals surface area contributed by atoms with Crippen LogP contribution >= 0.6 is 11.3 Å². The van der Waals surface area contributed by atoms with E-state index in [4.69, 9.17) is 0 Å². The fraction of sp³-hybridized carbons (Fsp3) is 0.417. The van der Waals surface area contributed by atoms with Crippen LogP contribution in [0.3, 0.4) is 0 Å². The molecule has 0 atom stereocenters. The molecule has 15 heavy (non-hydrogen) atoms. The van der Waals surface area contributed by atoms with Crippen molar-refractivity contribution in [1.29, 1.82) is 0 Å². The van der Waals surface area contributed by atoms with Gasteiger partial charge in [-0.05, 0) is 44.4 Å². The third kappa shape index (κ3) is 1.72. The molecule has 1 fully saturated rings. The van der Waals surface area contributed by atoms with Gasteiger partial charge in [0.05, 0.1) is 15.2 Å². The Balaban J connectivity index is 1.90. The van der Waals surface area contributed by atoms with E-state index in [2.05, 4.69) is 35.4 Å². The summed E-state index contributed by atoms with van der Waals surface area (Å²) in [7, 11) is 0. The molecular formula is C12H14N2S. The normalized spacial score (nSPS) is 16.6. The maximum Gasteiger partial charge on any atom is 0.0907 e. The Bertz CT molecular complexity index is 485. The van der Waals surface area contributed by atoms with Crippen molar-refractivity contribution in [3.05, 3.63) is 23.2 Å². The molecule has 0 bridgehead atoms. The minimum Gasteiger partial charge on any atom is -0.382 e. The van der Waals surface area contributed by atoms with Crippen LogP contribution in [-0.4, -0.2) is 11.0 Å². The van der Waals surface area contributed by atoms with Gasteiger partial charge in [0, 0.05) is 11.7 Å². The van der Waals surface area contributed by atoms with Gasteiger partial charge in [0.1, 0.15) is 0 Å². The quantitative estimate of drug-likeness (QED) is 0.833. The number of aromatic nitrogens is 1. The monoisotopic (exact) mass is 218 g/mol. The zero-order valence-corrected chi connectivity index (χ0v) is 9.60. The molecule has 0 amide bonds. The van der Waals surface area contributed by atoms with Crippen molar-refractivity contribution in [3.8, 4) is 0 Å². The van der Waals surface area contributed by atoms with Crippen molar-refractivity contribution in [2.45, 2.75) is 32.2 Å². The minimum absolute atomic E-state index is 0.705. The fourth-order valence-electron chi connectivity index (χ4n) is 1.92. The van der Waals surface area contributed by atoms with Gasteiger partial charge < -0.3 is 5.32 Å². The van der Waals surface area contributed by atoms with Gasteiger partial charge in [-0.3, -0.25) is 0 Å². The summed E-state index contributed by atoms with van der Waals surface area (Å²) in [6, 6.07) is 7.18. The minimum atomic E-state index is 0.705. The Morgan fingerprint density at radius 3 is 3.00 bits per heavy atom. The van der Waals surface area contributed by atoms with Crippen LogP contribution in [0.4, 0.5) is 5.69 Å². The van der Waals surface area contributed by atoms with E-state index in [0.29, 0.717) is 6.04 Å². The average Bonchev–Trinajstić information content (AvgIpc) is 2.50. The maximum absolute atomic E-state index is 4.46. The predicted molar refractivity (Wildman–Crippen MR) is 65.6 cm³/mol. The Morgan fingerprint density at radius 2 is 2.27 bits per heavy atom. The van der Waals surface area contributed by atoms with E-state index in [1.165, 1.54) is 29.6 Å². The molecule has 1 saturated carbocycles. The molecule has 2 nitrogen and oxygen atoms in total. The number of hydrogen-bond acceptors (Lipinski definition) is 3. The van der Waals surface area contributed by atoms with Crippen molar-refractivity contribution in [1.82, 2.24) is 4.98 Å². The molecule has 1 N–H and O–H groups in total. The lowest BCUT2D eigenvalue weighted by Gasteiger charge is -2.27. The summed E-state index contributed by atoms with van der Waals surface area (Å²) in [6.45, 7) is 2.06. The topological polar surface area (TPSA) is 24.9 Å². The molecule has 1 heterocycles. The number of hydrogen-bond donors (Lipinski definition) is 1. The molecule has 3 heteroatoms. The largest absolute Gasteiger partial charge is 0.382 e. The van der Waals surface area contributed by atoms with Gasteiger partial charge in [-0.2, -0.15) is 0 Å². The molecule has 0 radical (unpaired) electrons. The van der Waals surface area contributed by atoms with Gasteiger partial charge in [0.2, 0.25) is 0 Å². The first-order chi connectivity index (χ1) is 7.31. The number of nitrogens with one attached hydrogen (secondary N) is 1. The molecule has 0 saturated heterocycles. The number of aryl methyl sites for hydroxylation is 1. The van der Waals surface area contributed by atoms with E-state index < -0.39 is 0 Å². The van der Waals surface area contributed by atoms with E-state index in [1.54, 1.807) is 11.3 Å². The fourth-order valence-corrected chi connectivity index (χ4v) is 2.78. The predicted octanol–water partition coefficient (Wildman–Crippen LogP) is 3.57. The van der Waals surface area contributed by atoms with E-state index in [-0.39, 0.29) is 0 Å². The Hall–Kier alpha value is -1.09. The van der Waals surface area contributed by atoms with Gasteiger partial charge in [-0.25, -0.2) is 4.98 Å². The second-order valence-electron chi connectivity index (χ2n) is 4.19. The number of fused-ring (bicyclic) bond motifs is 1. The van der Waals surface area contributed by atoms with Crippen molar-refractivity contribution in [3.63, 3.8) is 0 Å². The van der Waals surface area contributed by atoms with Gasteiger partial charge >= 0.3 is 0 Å². The highest BCUT2D eigenvalue weighted by Gasteiger charge is 2.16. The zero-order chi connectivity index (χ0) is 10.3. The van der Waals surface area contributed by atoms with Crippen LogP contribution in [0.2, 0.25) is 0 Å².